The van der Waals surface area contributed by atoms with Crippen molar-refractivity contribution in [1.29, 1.82) is 0 Å². The third-order valence-corrected chi connectivity index (χ3v) is 2.23. The molecule has 0 aliphatic heterocycles. The van der Waals surface area contributed by atoms with E-state index in [1.165, 1.54) is 0 Å². The summed E-state index contributed by atoms with van der Waals surface area (Å²) in [6, 6.07) is 0. The average molecular weight is 273 g/mol. The van der Waals surface area contributed by atoms with Crippen LogP contribution in [-0.4, -0.2) is 12.8 Å². The summed E-state index contributed by atoms with van der Waals surface area (Å²) in [4.78, 5) is 9.87. The molecule has 3 nitrogen and oxygen atoms in total. The van der Waals surface area contributed by atoms with Gasteiger partial charge in [0.1, 0.15) is 15.2 Å². The van der Waals surface area contributed by atoms with Crippen molar-refractivity contribution in [3.8, 4) is 5.75 Å². The highest BCUT2D eigenvalue weighted by atomic mass is 31.1. The lowest BCUT2D eigenvalue weighted by Crippen LogP contribution is -2.08. The normalized spacial score (nSPS) is 11.1. The summed E-state index contributed by atoms with van der Waals surface area (Å²) in [6.45, 7) is -0.173. The van der Waals surface area contributed by atoms with Crippen molar-refractivity contribution >= 4 is 15.2 Å². The fraction of sp³-hybridized carbons (Fsp3) is 0.125. The average Bonchev–Trinajstić information content (AvgIpc) is 2.33. The SMILES string of the molecule is O=CCNPOc1c(F)c(F)c(F)c(F)c1F. The first-order valence-electron chi connectivity index (χ1n) is 4.10. The number of hydrogen-bond donors (Lipinski definition) is 1. The highest BCUT2D eigenvalue weighted by Crippen LogP contribution is 2.31. The predicted octanol–water partition coefficient (Wildman–Crippen LogP) is 2.06. The maximum absolute atomic E-state index is 13.0. The zero-order valence-electron chi connectivity index (χ0n) is 7.99. The molecule has 0 radical (unpaired) electrons. The number of benzene rings is 1. The first-order chi connectivity index (χ1) is 8.00. The van der Waals surface area contributed by atoms with Crippen LogP contribution in [0.3, 0.4) is 0 Å². The molecule has 0 amide bonds. The highest BCUT2D eigenvalue weighted by molar-refractivity contribution is 7.30. The van der Waals surface area contributed by atoms with E-state index in [0.29, 0.717) is 6.29 Å². The van der Waals surface area contributed by atoms with Gasteiger partial charge in [0.15, 0.2) is 0 Å². The van der Waals surface area contributed by atoms with Crippen LogP contribution in [0.4, 0.5) is 22.0 Å². The Bertz CT molecular complexity index is 413. The second-order valence-electron chi connectivity index (χ2n) is 2.65. The summed E-state index contributed by atoms with van der Waals surface area (Å²) in [5, 5.41) is 2.26. The standard InChI is InChI=1S/C8H5F5NO2P/c9-3-4(10)6(12)8(7(13)5(3)11)16-17-14-1-2-15/h2,14,17H,1H2. The second kappa shape index (κ2) is 5.88. The van der Waals surface area contributed by atoms with E-state index in [-0.39, 0.29) is 6.54 Å². The van der Waals surface area contributed by atoms with Gasteiger partial charge in [-0.05, 0) is 0 Å². The van der Waals surface area contributed by atoms with Crippen LogP contribution in [0.2, 0.25) is 0 Å². The topological polar surface area (TPSA) is 38.3 Å². The molecule has 1 atom stereocenters. The Balaban J connectivity index is 2.95. The quantitative estimate of drug-likeness (QED) is 0.223. The Labute approximate surface area is 93.9 Å². The summed E-state index contributed by atoms with van der Waals surface area (Å²) < 4.78 is 68.2. The molecule has 94 valence electrons. The molecular formula is C8H5F5NO2P. The molecule has 0 aromatic heterocycles. The summed E-state index contributed by atoms with van der Waals surface area (Å²) in [5.41, 5.74) is 0. The number of hydrogen-bond acceptors (Lipinski definition) is 3. The highest BCUT2D eigenvalue weighted by Gasteiger charge is 2.26. The van der Waals surface area contributed by atoms with Gasteiger partial charge >= 0.3 is 0 Å². The second-order valence-corrected chi connectivity index (χ2v) is 3.41. The van der Waals surface area contributed by atoms with Gasteiger partial charge in [0.05, 0.1) is 6.54 Å². The molecule has 1 rings (SSSR count). The van der Waals surface area contributed by atoms with Crippen molar-refractivity contribution in [2.75, 3.05) is 6.54 Å². The summed E-state index contributed by atoms with van der Waals surface area (Å²) in [7, 11) is -0.818. The van der Waals surface area contributed by atoms with Gasteiger partial charge < -0.3 is 9.32 Å². The van der Waals surface area contributed by atoms with E-state index in [2.05, 4.69) is 9.61 Å². The summed E-state index contributed by atoms with van der Waals surface area (Å²) in [6.07, 6.45) is 0.439. The first kappa shape index (κ1) is 13.8. The maximum Gasteiger partial charge on any atom is 0.207 e. The number of carbonyl (C=O) groups excluding carboxylic acids is 1. The van der Waals surface area contributed by atoms with Crippen LogP contribution >= 0.6 is 8.96 Å². The maximum atomic E-state index is 13.0. The van der Waals surface area contributed by atoms with Crippen LogP contribution in [0.5, 0.6) is 5.75 Å². The predicted molar refractivity (Wildman–Crippen MR) is 49.2 cm³/mol. The Morgan fingerprint density at radius 3 is 1.94 bits per heavy atom. The lowest BCUT2D eigenvalue weighted by molar-refractivity contribution is -0.106. The Morgan fingerprint density at radius 1 is 1.00 bits per heavy atom. The smallest absolute Gasteiger partial charge is 0.207 e. The Kier molecular flexibility index (Phi) is 4.77. The van der Waals surface area contributed by atoms with Crippen molar-refractivity contribution in [3.63, 3.8) is 0 Å². The van der Waals surface area contributed by atoms with Crippen molar-refractivity contribution in [3.05, 3.63) is 29.1 Å². The van der Waals surface area contributed by atoms with Crippen molar-refractivity contribution < 1.29 is 31.3 Å². The minimum atomic E-state index is -2.25. The fourth-order valence-electron chi connectivity index (χ4n) is 0.845. The zero-order valence-corrected chi connectivity index (χ0v) is 8.99. The van der Waals surface area contributed by atoms with Gasteiger partial charge in [0.25, 0.3) is 0 Å². The van der Waals surface area contributed by atoms with Crippen LogP contribution in [0.15, 0.2) is 0 Å². The van der Waals surface area contributed by atoms with Gasteiger partial charge in [-0.1, -0.05) is 0 Å². The van der Waals surface area contributed by atoms with Crippen molar-refractivity contribution in [2.45, 2.75) is 0 Å². The van der Waals surface area contributed by atoms with Gasteiger partial charge in [-0.25, -0.2) is 13.2 Å². The molecule has 0 aliphatic rings. The number of aldehydes is 1. The van der Waals surface area contributed by atoms with Crippen molar-refractivity contribution in [2.24, 2.45) is 0 Å². The van der Waals surface area contributed by atoms with Crippen LogP contribution in [-0.2, 0) is 4.79 Å². The molecule has 9 heteroatoms. The van der Waals surface area contributed by atoms with E-state index in [1.54, 1.807) is 0 Å². The number of carbonyl (C=O) groups is 1. The van der Waals surface area contributed by atoms with Crippen LogP contribution in [0.25, 0.3) is 0 Å². The molecule has 1 aromatic rings. The number of nitrogens with one attached hydrogen (secondary N) is 1. The van der Waals surface area contributed by atoms with Gasteiger partial charge in [-0.3, -0.25) is 5.09 Å². The first-order valence-corrected chi connectivity index (χ1v) is 5.01. The zero-order chi connectivity index (χ0) is 13.0. The van der Waals surface area contributed by atoms with E-state index < -0.39 is 43.8 Å². The van der Waals surface area contributed by atoms with Gasteiger partial charge in [0, 0.05) is 0 Å². The molecule has 0 aliphatic carbocycles. The molecular weight excluding hydrogens is 268 g/mol. The lowest BCUT2D eigenvalue weighted by atomic mass is 10.3. The summed E-state index contributed by atoms with van der Waals surface area (Å²) in [5.74, 6) is -11.9. The largest absolute Gasteiger partial charge is 0.455 e. The molecule has 1 aromatic carbocycles. The van der Waals surface area contributed by atoms with E-state index >= 15 is 0 Å². The Hall–Kier alpha value is -1.27. The monoisotopic (exact) mass is 273 g/mol. The molecule has 0 heterocycles. The molecule has 0 bridgehead atoms. The van der Waals surface area contributed by atoms with Crippen molar-refractivity contribution in [1.82, 2.24) is 5.09 Å². The minimum Gasteiger partial charge on any atom is -0.455 e. The molecule has 0 saturated carbocycles. The Morgan fingerprint density at radius 2 is 1.47 bits per heavy atom. The van der Waals surface area contributed by atoms with E-state index in [9.17, 15) is 26.7 Å². The number of halogens is 5. The van der Waals surface area contributed by atoms with Crippen LogP contribution in [0.1, 0.15) is 0 Å². The molecule has 0 saturated heterocycles. The lowest BCUT2D eigenvalue weighted by Gasteiger charge is -2.09. The van der Waals surface area contributed by atoms with E-state index in [0.717, 1.165) is 0 Å². The number of rotatable bonds is 5. The molecule has 1 N–H and O–H groups in total. The fourth-order valence-corrected chi connectivity index (χ4v) is 1.36. The van der Waals surface area contributed by atoms with Gasteiger partial charge in [0.2, 0.25) is 34.8 Å². The third-order valence-electron chi connectivity index (χ3n) is 1.58. The van der Waals surface area contributed by atoms with Gasteiger partial charge in [-0.2, -0.15) is 8.78 Å². The molecule has 1 unspecified atom stereocenters. The minimum absolute atomic E-state index is 0.173. The summed E-state index contributed by atoms with van der Waals surface area (Å²) >= 11 is 0. The molecule has 0 spiro atoms. The molecule has 0 fully saturated rings. The van der Waals surface area contributed by atoms with Gasteiger partial charge in [-0.15, -0.1) is 0 Å². The van der Waals surface area contributed by atoms with E-state index in [1.807, 2.05) is 0 Å². The van der Waals surface area contributed by atoms with Crippen LogP contribution in [0, 0.1) is 29.1 Å². The molecule has 17 heavy (non-hydrogen) atoms. The third kappa shape index (κ3) is 2.89. The van der Waals surface area contributed by atoms with Crippen LogP contribution < -0.4 is 9.61 Å². The van der Waals surface area contributed by atoms with E-state index in [4.69, 9.17) is 0 Å².